The Morgan fingerprint density at radius 1 is 1.20 bits per heavy atom. The summed E-state index contributed by atoms with van der Waals surface area (Å²) < 4.78 is 31.3. The summed E-state index contributed by atoms with van der Waals surface area (Å²) in [6, 6.07) is 6.09. The van der Waals surface area contributed by atoms with Gasteiger partial charge in [0.15, 0.2) is 11.5 Å². The van der Waals surface area contributed by atoms with E-state index in [0.717, 1.165) is 26.1 Å². The van der Waals surface area contributed by atoms with Gasteiger partial charge < -0.3 is 24.6 Å². The summed E-state index contributed by atoms with van der Waals surface area (Å²) in [4.78, 5) is 8.58. The van der Waals surface area contributed by atoms with E-state index in [2.05, 4.69) is 15.3 Å². The summed E-state index contributed by atoms with van der Waals surface area (Å²) in [6.07, 6.45) is 3.34. The first-order chi connectivity index (χ1) is 14.6. The van der Waals surface area contributed by atoms with E-state index in [0.29, 0.717) is 46.3 Å². The molecule has 0 radical (unpaired) electrons. The average Bonchev–Trinajstić information content (AvgIpc) is 2.78. The highest BCUT2D eigenvalue weighted by atomic mass is 19.1. The quantitative estimate of drug-likeness (QED) is 0.622. The Balaban J connectivity index is 1.65. The standard InChI is InChI=1S/C22H24FN3O4/c1-13-18(27)4-3-16(23)21(13)26-22-15-9-19(28-2)20(10-17(15)24-12-25-22)30-11-14-5-7-29-8-6-14/h3-4,9-10,12,14,27H,5-8,11H2,1-2H3,(H,24,25,26). The van der Waals surface area contributed by atoms with Crippen molar-refractivity contribution in [3.8, 4) is 17.2 Å². The van der Waals surface area contributed by atoms with Gasteiger partial charge in [-0.15, -0.1) is 0 Å². The van der Waals surface area contributed by atoms with E-state index >= 15 is 0 Å². The summed E-state index contributed by atoms with van der Waals surface area (Å²) in [5.74, 6) is 1.50. The Hall–Kier alpha value is -3.13. The zero-order chi connectivity index (χ0) is 21.1. The van der Waals surface area contributed by atoms with Crippen molar-refractivity contribution in [2.45, 2.75) is 19.8 Å². The molecule has 158 valence electrons. The molecule has 0 unspecified atom stereocenters. The number of anilines is 2. The molecule has 0 aliphatic carbocycles. The van der Waals surface area contributed by atoms with Gasteiger partial charge in [0.1, 0.15) is 23.7 Å². The third-order valence-electron chi connectivity index (χ3n) is 5.37. The smallest absolute Gasteiger partial charge is 0.163 e. The van der Waals surface area contributed by atoms with Crippen molar-refractivity contribution in [2.24, 2.45) is 5.92 Å². The largest absolute Gasteiger partial charge is 0.508 e. The van der Waals surface area contributed by atoms with Gasteiger partial charge in [-0.05, 0) is 43.9 Å². The van der Waals surface area contributed by atoms with Crippen molar-refractivity contribution in [1.29, 1.82) is 0 Å². The second-order valence-corrected chi connectivity index (χ2v) is 7.30. The number of ether oxygens (including phenoxy) is 3. The van der Waals surface area contributed by atoms with Crippen molar-refractivity contribution in [3.63, 3.8) is 0 Å². The van der Waals surface area contributed by atoms with Gasteiger partial charge in [-0.2, -0.15) is 0 Å². The molecule has 2 aromatic carbocycles. The number of methoxy groups -OCH3 is 1. The molecule has 2 N–H and O–H groups in total. The molecule has 1 aromatic heterocycles. The first-order valence-corrected chi connectivity index (χ1v) is 9.85. The van der Waals surface area contributed by atoms with Crippen LogP contribution in [0.1, 0.15) is 18.4 Å². The second kappa shape index (κ2) is 8.71. The van der Waals surface area contributed by atoms with Gasteiger partial charge in [-0.25, -0.2) is 14.4 Å². The number of phenols is 1. The molecular formula is C22H24FN3O4. The van der Waals surface area contributed by atoms with Crippen LogP contribution in [0.2, 0.25) is 0 Å². The number of benzene rings is 2. The lowest BCUT2D eigenvalue weighted by molar-refractivity contribution is 0.0494. The van der Waals surface area contributed by atoms with Crippen LogP contribution in [0, 0.1) is 18.7 Å². The number of fused-ring (bicyclic) bond motifs is 1. The van der Waals surface area contributed by atoms with E-state index in [-0.39, 0.29) is 11.4 Å². The Kier molecular flexibility index (Phi) is 5.85. The number of nitrogens with one attached hydrogen (secondary N) is 1. The number of phenolic OH excluding ortho intramolecular Hbond substituents is 1. The molecule has 0 atom stereocenters. The van der Waals surface area contributed by atoms with Crippen LogP contribution < -0.4 is 14.8 Å². The molecular weight excluding hydrogens is 389 g/mol. The van der Waals surface area contributed by atoms with Crippen LogP contribution in [-0.2, 0) is 4.74 Å². The minimum Gasteiger partial charge on any atom is -0.508 e. The van der Waals surface area contributed by atoms with Gasteiger partial charge in [-0.3, -0.25) is 0 Å². The molecule has 0 spiro atoms. The van der Waals surface area contributed by atoms with Crippen LogP contribution in [-0.4, -0.2) is 42.0 Å². The van der Waals surface area contributed by atoms with Gasteiger partial charge >= 0.3 is 0 Å². The predicted molar refractivity (Wildman–Crippen MR) is 111 cm³/mol. The number of nitrogens with zero attached hydrogens (tertiary/aromatic N) is 2. The van der Waals surface area contributed by atoms with Crippen LogP contribution in [0.15, 0.2) is 30.6 Å². The van der Waals surface area contributed by atoms with E-state index in [1.807, 2.05) is 0 Å². The molecule has 1 aliphatic rings. The summed E-state index contributed by atoms with van der Waals surface area (Å²) in [7, 11) is 1.57. The molecule has 0 saturated carbocycles. The Morgan fingerprint density at radius 2 is 2.00 bits per heavy atom. The number of rotatable bonds is 6. The topological polar surface area (TPSA) is 85.7 Å². The normalized spacial score (nSPS) is 14.6. The monoisotopic (exact) mass is 413 g/mol. The van der Waals surface area contributed by atoms with Gasteiger partial charge in [0.05, 0.1) is 24.9 Å². The number of hydrogen-bond donors (Lipinski definition) is 2. The maximum absolute atomic E-state index is 14.3. The van der Waals surface area contributed by atoms with Crippen LogP contribution >= 0.6 is 0 Å². The number of hydrogen-bond acceptors (Lipinski definition) is 7. The lowest BCUT2D eigenvalue weighted by atomic mass is 10.0. The minimum atomic E-state index is -0.486. The summed E-state index contributed by atoms with van der Waals surface area (Å²) in [5, 5.41) is 13.5. The molecule has 0 bridgehead atoms. The highest BCUT2D eigenvalue weighted by molar-refractivity contribution is 5.93. The fourth-order valence-electron chi connectivity index (χ4n) is 3.50. The predicted octanol–water partition coefficient (Wildman–Crippen LogP) is 4.34. The van der Waals surface area contributed by atoms with E-state index < -0.39 is 5.82 Å². The van der Waals surface area contributed by atoms with Gasteiger partial charge in [0.2, 0.25) is 0 Å². The Labute approximate surface area is 173 Å². The molecule has 1 aliphatic heterocycles. The number of aromatic nitrogens is 2. The first kappa shape index (κ1) is 20.2. The van der Waals surface area contributed by atoms with Crippen molar-refractivity contribution >= 4 is 22.4 Å². The highest BCUT2D eigenvalue weighted by Gasteiger charge is 2.18. The van der Waals surface area contributed by atoms with Crippen LogP contribution in [0.25, 0.3) is 10.9 Å². The zero-order valence-electron chi connectivity index (χ0n) is 16.9. The SMILES string of the molecule is COc1cc2c(Nc3c(F)ccc(O)c3C)ncnc2cc1OCC1CCOCC1. The summed E-state index contributed by atoms with van der Waals surface area (Å²) in [6.45, 7) is 3.73. The van der Waals surface area contributed by atoms with Crippen molar-refractivity contribution in [2.75, 3.05) is 32.2 Å². The van der Waals surface area contributed by atoms with E-state index in [9.17, 15) is 9.50 Å². The lowest BCUT2D eigenvalue weighted by Crippen LogP contribution is -2.21. The van der Waals surface area contributed by atoms with Crippen molar-refractivity contribution in [3.05, 3.63) is 42.0 Å². The van der Waals surface area contributed by atoms with Crippen molar-refractivity contribution in [1.82, 2.24) is 9.97 Å². The molecule has 30 heavy (non-hydrogen) atoms. The van der Waals surface area contributed by atoms with Crippen molar-refractivity contribution < 1.29 is 23.7 Å². The number of halogens is 1. The van der Waals surface area contributed by atoms with E-state index in [1.165, 1.54) is 18.5 Å². The summed E-state index contributed by atoms with van der Waals surface area (Å²) >= 11 is 0. The van der Waals surface area contributed by atoms with Gasteiger partial charge in [0.25, 0.3) is 0 Å². The molecule has 3 aromatic rings. The van der Waals surface area contributed by atoms with Crippen LogP contribution in [0.5, 0.6) is 17.2 Å². The highest BCUT2D eigenvalue weighted by Crippen LogP contribution is 2.37. The molecule has 0 amide bonds. The minimum absolute atomic E-state index is 0.00126. The van der Waals surface area contributed by atoms with Gasteiger partial charge in [0, 0.05) is 30.2 Å². The fraction of sp³-hybridized carbons (Fsp3) is 0.364. The summed E-state index contributed by atoms with van der Waals surface area (Å²) in [5.41, 5.74) is 1.19. The fourth-order valence-corrected chi connectivity index (χ4v) is 3.50. The lowest BCUT2D eigenvalue weighted by Gasteiger charge is -2.22. The van der Waals surface area contributed by atoms with Gasteiger partial charge in [-0.1, -0.05) is 0 Å². The maximum Gasteiger partial charge on any atom is 0.163 e. The van der Waals surface area contributed by atoms with E-state index in [1.54, 1.807) is 26.2 Å². The molecule has 1 fully saturated rings. The third-order valence-corrected chi connectivity index (χ3v) is 5.37. The molecule has 2 heterocycles. The third kappa shape index (κ3) is 4.09. The number of aromatic hydroxyl groups is 1. The zero-order valence-corrected chi connectivity index (χ0v) is 16.9. The first-order valence-electron chi connectivity index (χ1n) is 9.85. The molecule has 4 rings (SSSR count). The average molecular weight is 413 g/mol. The second-order valence-electron chi connectivity index (χ2n) is 7.30. The Bertz CT molecular complexity index is 1050. The van der Waals surface area contributed by atoms with Crippen LogP contribution in [0.4, 0.5) is 15.9 Å². The Morgan fingerprint density at radius 3 is 2.77 bits per heavy atom. The van der Waals surface area contributed by atoms with Crippen LogP contribution in [0.3, 0.4) is 0 Å². The van der Waals surface area contributed by atoms with E-state index in [4.69, 9.17) is 14.2 Å². The molecule has 8 heteroatoms. The molecule has 7 nitrogen and oxygen atoms in total. The maximum atomic E-state index is 14.3. The molecule has 1 saturated heterocycles.